The van der Waals surface area contributed by atoms with Crippen LogP contribution in [0.15, 0.2) is 24.3 Å². The first-order valence-corrected chi connectivity index (χ1v) is 6.96. The molecule has 1 aliphatic heterocycles. The number of anilines is 1. The lowest BCUT2D eigenvalue weighted by Gasteiger charge is -2.38. The fourth-order valence-electron chi connectivity index (χ4n) is 2.43. The van der Waals surface area contributed by atoms with Crippen molar-refractivity contribution in [2.24, 2.45) is 0 Å². The number of halogens is 1. The van der Waals surface area contributed by atoms with Crippen molar-refractivity contribution in [2.45, 2.75) is 13.0 Å². The molecule has 0 unspecified atom stereocenters. The van der Waals surface area contributed by atoms with Crippen LogP contribution in [-0.2, 0) is 4.79 Å². The molecule has 0 aromatic heterocycles. The maximum Gasteiger partial charge on any atom is 0.236 e. The zero-order valence-electron chi connectivity index (χ0n) is 11.4. The summed E-state index contributed by atoms with van der Waals surface area (Å²) in [5.41, 5.74) is 1.08. The molecule has 1 aromatic carbocycles. The summed E-state index contributed by atoms with van der Waals surface area (Å²) >= 11 is 6.21. The lowest BCUT2D eigenvalue weighted by atomic mass is 10.2. The van der Waals surface area contributed by atoms with Gasteiger partial charge in [-0.1, -0.05) is 23.7 Å². The Hall–Kier alpha value is -1.26. The van der Waals surface area contributed by atoms with Gasteiger partial charge in [0.2, 0.25) is 5.91 Å². The summed E-state index contributed by atoms with van der Waals surface area (Å²) in [6.45, 7) is 5.49. The van der Waals surface area contributed by atoms with Gasteiger partial charge >= 0.3 is 0 Å². The summed E-state index contributed by atoms with van der Waals surface area (Å²) in [7, 11) is 1.68. The van der Waals surface area contributed by atoms with E-state index >= 15 is 0 Å². The largest absolute Gasteiger partial charge is 0.368 e. The number of piperazine rings is 1. The van der Waals surface area contributed by atoms with Crippen LogP contribution in [0.25, 0.3) is 0 Å². The van der Waals surface area contributed by atoms with E-state index in [-0.39, 0.29) is 11.9 Å². The van der Waals surface area contributed by atoms with E-state index in [0.717, 1.165) is 36.9 Å². The van der Waals surface area contributed by atoms with Gasteiger partial charge in [0.1, 0.15) is 0 Å². The van der Waals surface area contributed by atoms with E-state index in [1.807, 2.05) is 31.2 Å². The molecule has 0 aliphatic carbocycles. The summed E-state index contributed by atoms with van der Waals surface area (Å²) in [4.78, 5) is 16.1. The Labute approximate surface area is 119 Å². The second-order valence-corrected chi connectivity index (χ2v) is 5.17. The van der Waals surface area contributed by atoms with Gasteiger partial charge in [0.15, 0.2) is 0 Å². The van der Waals surface area contributed by atoms with Crippen LogP contribution in [0.5, 0.6) is 0 Å². The van der Waals surface area contributed by atoms with E-state index in [1.54, 1.807) is 7.05 Å². The number of carbonyl (C=O) groups excluding carboxylic acids is 1. The maximum atomic E-state index is 11.6. The molecule has 1 aromatic rings. The minimum Gasteiger partial charge on any atom is -0.368 e. The van der Waals surface area contributed by atoms with Crippen LogP contribution in [0.1, 0.15) is 6.92 Å². The molecule has 1 saturated heterocycles. The van der Waals surface area contributed by atoms with Gasteiger partial charge in [0.05, 0.1) is 16.8 Å². The van der Waals surface area contributed by atoms with Crippen molar-refractivity contribution >= 4 is 23.2 Å². The van der Waals surface area contributed by atoms with Crippen LogP contribution < -0.4 is 10.2 Å². The molecular formula is C14H20ClN3O. The Bertz CT molecular complexity index is 444. The SMILES string of the molecule is CNC(=O)[C@H](C)N1CCN(c2ccccc2Cl)CC1. The number of nitrogens with one attached hydrogen (secondary N) is 1. The maximum absolute atomic E-state index is 11.6. The highest BCUT2D eigenvalue weighted by atomic mass is 35.5. The predicted octanol–water partition coefficient (Wildman–Crippen LogP) is 1.60. The highest BCUT2D eigenvalue weighted by molar-refractivity contribution is 6.33. The Morgan fingerprint density at radius 2 is 1.89 bits per heavy atom. The molecule has 1 fully saturated rings. The Morgan fingerprint density at radius 1 is 1.26 bits per heavy atom. The lowest BCUT2D eigenvalue weighted by molar-refractivity contribution is -0.125. The Balaban J connectivity index is 1.96. The number of nitrogens with zero attached hydrogens (tertiary/aromatic N) is 2. The van der Waals surface area contributed by atoms with E-state index in [1.165, 1.54) is 0 Å². The molecule has 1 atom stereocenters. The average molecular weight is 282 g/mol. The van der Waals surface area contributed by atoms with Crippen molar-refractivity contribution in [1.29, 1.82) is 0 Å². The quantitative estimate of drug-likeness (QED) is 0.914. The van der Waals surface area contributed by atoms with E-state index in [0.29, 0.717) is 0 Å². The van der Waals surface area contributed by atoms with Crippen LogP contribution in [0.3, 0.4) is 0 Å². The summed E-state index contributed by atoms with van der Waals surface area (Å²) in [6, 6.07) is 7.82. The molecule has 0 radical (unpaired) electrons. The molecular weight excluding hydrogens is 262 g/mol. The van der Waals surface area contributed by atoms with Crippen molar-refractivity contribution in [3.63, 3.8) is 0 Å². The third-order valence-corrected chi connectivity index (χ3v) is 4.00. The third kappa shape index (κ3) is 3.19. The van der Waals surface area contributed by atoms with Gasteiger partial charge in [-0.05, 0) is 19.1 Å². The highest BCUT2D eigenvalue weighted by Gasteiger charge is 2.25. The van der Waals surface area contributed by atoms with Gasteiger partial charge in [0, 0.05) is 33.2 Å². The molecule has 4 nitrogen and oxygen atoms in total. The molecule has 0 spiro atoms. The average Bonchev–Trinajstić information content (AvgIpc) is 2.46. The molecule has 1 N–H and O–H groups in total. The minimum atomic E-state index is -0.0709. The first-order valence-electron chi connectivity index (χ1n) is 6.58. The number of para-hydroxylation sites is 1. The normalized spacial score (nSPS) is 18.2. The van der Waals surface area contributed by atoms with E-state index < -0.39 is 0 Å². The van der Waals surface area contributed by atoms with Gasteiger partial charge in [-0.25, -0.2) is 0 Å². The summed E-state index contributed by atoms with van der Waals surface area (Å²) in [5, 5.41) is 3.49. The standard InChI is InChI=1S/C14H20ClN3O/c1-11(14(19)16-2)17-7-9-18(10-8-17)13-6-4-3-5-12(13)15/h3-6,11H,7-10H2,1-2H3,(H,16,19)/t11-/m0/s1. The van der Waals surface area contributed by atoms with Crippen LogP contribution in [0.4, 0.5) is 5.69 Å². The van der Waals surface area contributed by atoms with Gasteiger partial charge in [-0.3, -0.25) is 9.69 Å². The number of rotatable bonds is 3. The zero-order valence-corrected chi connectivity index (χ0v) is 12.2. The first-order chi connectivity index (χ1) is 9.13. The molecule has 1 aliphatic rings. The molecule has 0 bridgehead atoms. The van der Waals surface area contributed by atoms with Crippen molar-refractivity contribution < 1.29 is 4.79 Å². The third-order valence-electron chi connectivity index (χ3n) is 3.68. The zero-order chi connectivity index (χ0) is 13.8. The molecule has 2 rings (SSSR count). The van der Waals surface area contributed by atoms with Crippen LogP contribution >= 0.6 is 11.6 Å². The highest BCUT2D eigenvalue weighted by Crippen LogP contribution is 2.26. The van der Waals surface area contributed by atoms with Crippen molar-refractivity contribution in [2.75, 3.05) is 38.1 Å². The summed E-state index contributed by atoms with van der Waals surface area (Å²) < 4.78 is 0. The summed E-state index contributed by atoms with van der Waals surface area (Å²) in [6.07, 6.45) is 0. The number of hydrogen-bond donors (Lipinski definition) is 1. The Morgan fingerprint density at radius 3 is 2.47 bits per heavy atom. The minimum absolute atomic E-state index is 0.0709. The smallest absolute Gasteiger partial charge is 0.236 e. The fourth-order valence-corrected chi connectivity index (χ4v) is 2.69. The number of amides is 1. The van der Waals surface area contributed by atoms with E-state index in [9.17, 15) is 4.79 Å². The van der Waals surface area contributed by atoms with Crippen LogP contribution in [-0.4, -0.2) is 50.1 Å². The lowest BCUT2D eigenvalue weighted by Crippen LogP contribution is -2.53. The molecule has 5 heteroatoms. The molecule has 104 valence electrons. The van der Waals surface area contributed by atoms with Gasteiger partial charge in [-0.15, -0.1) is 0 Å². The van der Waals surface area contributed by atoms with Crippen LogP contribution in [0.2, 0.25) is 5.02 Å². The molecule has 0 saturated carbocycles. The van der Waals surface area contributed by atoms with Gasteiger partial charge in [0.25, 0.3) is 0 Å². The number of benzene rings is 1. The van der Waals surface area contributed by atoms with Gasteiger partial charge in [-0.2, -0.15) is 0 Å². The number of carbonyl (C=O) groups is 1. The van der Waals surface area contributed by atoms with Crippen molar-refractivity contribution in [3.05, 3.63) is 29.3 Å². The summed E-state index contributed by atoms with van der Waals surface area (Å²) in [5.74, 6) is 0.0752. The van der Waals surface area contributed by atoms with E-state index in [2.05, 4.69) is 15.1 Å². The van der Waals surface area contributed by atoms with Crippen LogP contribution in [0, 0.1) is 0 Å². The number of hydrogen-bond acceptors (Lipinski definition) is 3. The second-order valence-electron chi connectivity index (χ2n) is 4.76. The van der Waals surface area contributed by atoms with Gasteiger partial charge < -0.3 is 10.2 Å². The monoisotopic (exact) mass is 281 g/mol. The second kappa shape index (κ2) is 6.26. The molecule has 1 heterocycles. The first kappa shape index (κ1) is 14.2. The number of likely N-dealkylation sites (N-methyl/N-ethyl adjacent to an activating group) is 1. The topological polar surface area (TPSA) is 35.6 Å². The Kier molecular flexibility index (Phi) is 4.66. The molecule has 1 amide bonds. The van der Waals surface area contributed by atoms with E-state index in [4.69, 9.17) is 11.6 Å². The van der Waals surface area contributed by atoms with Crippen molar-refractivity contribution in [1.82, 2.24) is 10.2 Å². The van der Waals surface area contributed by atoms with Crippen molar-refractivity contribution in [3.8, 4) is 0 Å². The molecule has 19 heavy (non-hydrogen) atoms. The predicted molar refractivity (Wildman–Crippen MR) is 78.8 cm³/mol. The fraction of sp³-hybridized carbons (Fsp3) is 0.500.